The molecule has 1 amide bonds. The molecule has 3 rings (SSSR count). The molecule has 1 aromatic carbocycles. The zero-order valence-corrected chi connectivity index (χ0v) is 15.9. The number of nitrogens with two attached hydrogens (primary N) is 1. The number of rotatable bonds is 2. The van der Waals surface area contributed by atoms with Crippen molar-refractivity contribution in [2.75, 3.05) is 21.1 Å². The van der Waals surface area contributed by atoms with Gasteiger partial charge in [-0.2, -0.15) is 9.85 Å². The number of aliphatic imine (C=N–C) groups is 1. The van der Waals surface area contributed by atoms with Crippen molar-refractivity contribution in [3.63, 3.8) is 0 Å². The number of guanidine groups is 1. The number of likely N-dealkylation sites (N-methyl/N-ethyl adjacent to an activating group) is 1. The van der Waals surface area contributed by atoms with E-state index in [1.807, 2.05) is 27.1 Å². The van der Waals surface area contributed by atoms with Crippen molar-refractivity contribution in [2.24, 2.45) is 15.8 Å². The number of carbonyl (C=O) groups is 1. The number of quaternary nitrogens is 1. The molecule has 8 heteroatoms. The predicted octanol–water partition coefficient (Wildman–Crippen LogP) is 1.83. The van der Waals surface area contributed by atoms with Crippen LogP contribution in [0.3, 0.4) is 0 Å². The van der Waals surface area contributed by atoms with Crippen LogP contribution in [-0.2, 0) is 4.79 Å². The van der Waals surface area contributed by atoms with Crippen molar-refractivity contribution in [1.82, 2.24) is 4.90 Å². The smallest absolute Gasteiger partial charge is 0.232 e. The summed E-state index contributed by atoms with van der Waals surface area (Å²) < 4.78 is 0.188. The van der Waals surface area contributed by atoms with E-state index < -0.39 is 5.54 Å². The van der Waals surface area contributed by atoms with Gasteiger partial charge in [-0.05, 0) is 25.1 Å². The van der Waals surface area contributed by atoms with E-state index in [2.05, 4.69) is 11.1 Å². The van der Waals surface area contributed by atoms with Gasteiger partial charge in [-0.15, -0.1) is 0 Å². The van der Waals surface area contributed by atoms with E-state index in [1.165, 1.54) is 4.90 Å². The van der Waals surface area contributed by atoms with Crippen molar-refractivity contribution < 1.29 is 9.39 Å². The van der Waals surface area contributed by atoms with Crippen molar-refractivity contribution in [1.29, 1.82) is 5.26 Å². The average Bonchev–Trinajstić information content (AvgIpc) is 2.88. The quantitative estimate of drug-likeness (QED) is 0.803. The van der Waals surface area contributed by atoms with Crippen molar-refractivity contribution in [3.8, 4) is 6.07 Å². The third-order valence-corrected chi connectivity index (χ3v) is 4.89. The third kappa shape index (κ3) is 2.98. The number of nitriles is 1. The molecule has 134 valence electrons. The molecule has 0 bridgehead atoms. The fourth-order valence-corrected chi connectivity index (χ4v) is 3.62. The van der Waals surface area contributed by atoms with Gasteiger partial charge in [0.1, 0.15) is 11.3 Å². The van der Waals surface area contributed by atoms with Gasteiger partial charge in [0.2, 0.25) is 5.91 Å². The minimum atomic E-state index is -0.793. The van der Waals surface area contributed by atoms with Crippen LogP contribution < -0.4 is 5.73 Å². The fourth-order valence-electron chi connectivity index (χ4n) is 3.38. The number of hydrogen-bond donors (Lipinski definition) is 1. The van der Waals surface area contributed by atoms with Crippen LogP contribution in [-0.4, -0.2) is 53.8 Å². The van der Waals surface area contributed by atoms with E-state index in [1.54, 1.807) is 25.2 Å². The SMILES string of the molecule is CN1C(=O)C[C@@](C)(C2=CC(c3cc(Cl)cc(C#N)c3)=N[N+]2(C)C)N=C1N. The Balaban J connectivity index is 2.09. The lowest BCUT2D eigenvalue weighted by molar-refractivity contribution is -0.860. The molecule has 0 unspecified atom stereocenters. The minimum absolute atomic E-state index is 0.0936. The number of amides is 1. The summed E-state index contributed by atoms with van der Waals surface area (Å²) in [5.41, 5.74) is 7.88. The molecule has 0 aliphatic carbocycles. The largest absolute Gasteiger partial charge is 0.369 e. The molecule has 7 nitrogen and oxygen atoms in total. The highest BCUT2D eigenvalue weighted by Gasteiger charge is 2.48. The maximum absolute atomic E-state index is 12.3. The molecule has 2 heterocycles. The topological polar surface area (TPSA) is 94.8 Å². The van der Waals surface area contributed by atoms with Gasteiger partial charge in [-0.1, -0.05) is 16.7 Å². The summed E-state index contributed by atoms with van der Waals surface area (Å²) in [7, 11) is 5.43. The Bertz CT molecular complexity index is 939. The summed E-state index contributed by atoms with van der Waals surface area (Å²) in [6, 6.07) is 7.21. The van der Waals surface area contributed by atoms with Gasteiger partial charge in [0.25, 0.3) is 0 Å². The highest BCUT2D eigenvalue weighted by molar-refractivity contribution is 6.31. The van der Waals surface area contributed by atoms with Crippen LogP contribution in [0.4, 0.5) is 0 Å². The molecule has 0 saturated carbocycles. The lowest BCUT2D eigenvalue weighted by atomic mass is 9.90. The Morgan fingerprint density at radius 3 is 2.69 bits per heavy atom. The number of nitrogens with zero attached hydrogens (tertiary/aromatic N) is 5. The molecule has 1 atom stereocenters. The van der Waals surface area contributed by atoms with E-state index in [9.17, 15) is 10.1 Å². The highest BCUT2D eigenvalue weighted by Crippen LogP contribution is 2.38. The Hall–Kier alpha value is -2.69. The molecule has 1 aromatic rings. The third-order valence-electron chi connectivity index (χ3n) is 4.67. The number of allylic oxidation sites excluding steroid dienone is 1. The van der Waals surface area contributed by atoms with Gasteiger partial charge in [0, 0.05) is 23.7 Å². The first-order chi connectivity index (χ1) is 12.1. The second kappa shape index (κ2) is 5.94. The van der Waals surface area contributed by atoms with Crippen LogP contribution in [0.1, 0.15) is 24.5 Å². The molecule has 2 N–H and O–H groups in total. The van der Waals surface area contributed by atoms with Crippen LogP contribution in [0.15, 0.2) is 40.1 Å². The van der Waals surface area contributed by atoms with E-state index in [0.29, 0.717) is 16.3 Å². The molecule has 0 spiro atoms. The lowest BCUT2D eigenvalue weighted by Gasteiger charge is -2.36. The predicted molar refractivity (Wildman–Crippen MR) is 100 cm³/mol. The zero-order chi connectivity index (χ0) is 19.3. The molecule has 2 aliphatic heterocycles. The molecule has 0 radical (unpaired) electrons. The number of benzene rings is 1. The summed E-state index contributed by atoms with van der Waals surface area (Å²) in [4.78, 5) is 18.2. The van der Waals surface area contributed by atoms with Gasteiger partial charge in [0.05, 0.1) is 32.1 Å². The monoisotopic (exact) mass is 371 g/mol. The van der Waals surface area contributed by atoms with Crippen molar-refractivity contribution >= 4 is 29.2 Å². The molecular weight excluding hydrogens is 352 g/mol. The summed E-state index contributed by atoms with van der Waals surface area (Å²) in [5, 5.41) is 14.4. The first-order valence-corrected chi connectivity index (χ1v) is 8.43. The molecular formula is C18H20ClN6O+. The summed E-state index contributed by atoms with van der Waals surface area (Å²) in [5.74, 6) is 0.0940. The standard InChI is InChI=1S/C18H20ClN6O/c1-18(9-16(26)24(2)17(21)22-18)15-8-14(23-25(15,3)4)12-5-11(10-20)6-13(19)7-12/h5-8H,9H2,1-4H3,(H2,21,22)/q+1/t18-/m0/s1. The van der Waals surface area contributed by atoms with Crippen LogP contribution in [0.2, 0.25) is 5.02 Å². The van der Waals surface area contributed by atoms with Crippen LogP contribution in [0.5, 0.6) is 0 Å². The molecule has 2 aliphatic rings. The number of hydrogen-bond acceptors (Lipinski definition) is 5. The van der Waals surface area contributed by atoms with Crippen molar-refractivity contribution in [3.05, 3.63) is 46.1 Å². The normalized spacial score (nSPS) is 24.7. The second-order valence-corrected chi connectivity index (χ2v) is 7.56. The Labute approximate surface area is 157 Å². The molecule has 0 aromatic heterocycles. The van der Waals surface area contributed by atoms with E-state index >= 15 is 0 Å². The lowest BCUT2D eigenvalue weighted by Crippen LogP contribution is -2.52. The molecule has 0 saturated heterocycles. The highest BCUT2D eigenvalue weighted by atomic mass is 35.5. The van der Waals surface area contributed by atoms with Crippen LogP contribution in [0.25, 0.3) is 0 Å². The Kier molecular flexibility index (Phi) is 4.14. The Morgan fingerprint density at radius 2 is 2.08 bits per heavy atom. The van der Waals surface area contributed by atoms with Gasteiger partial charge in [-0.3, -0.25) is 9.69 Å². The van der Waals surface area contributed by atoms with Gasteiger partial charge >= 0.3 is 0 Å². The summed E-state index contributed by atoms with van der Waals surface area (Å²) in [6.45, 7) is 1.88. The summed E-state index contributed by atoms with van der Waals surface area (Å²) in [6.07, 6.45) is 2.11. The van der Waals surface area contributed by atoms with Crippen LogP contribution in [0, 0.1) is 11.3 Å². The Morgan fingerprint density at radius 1 is 1.38 bits per heavy atom. The summed E-state index contributed by atoms with van der Waals surface area (Å²) >= 11 is 6.12. The molecule has 0 fully saturated rings. The van der Waals surface area contributed by atoms with E-state index in [-0.39, 0.29) is 22.9 Å². The van der Waals surface area contributed by atoms with Crippen LogP contribution >= 0.6 is 11.6 Å². The van der Waals surface area contributed by atoms with E-state index in [4.69, 9.17) is 22.4 Å². The average molecular weight is 372 g/mol. The number of carbonyl (C=O) groups excluding carboxylic acids is 1. The second-order valence-electron chi connectivity index (χ2n) is 7.12. The maximum atomic E-state index is 12.3. The maximum Gasteiger partial charge on any atom is 0.232 e. The number of halogens is 1. The van der Waals surface area contributed by atoms with Gasteiger partial charge < -0.3 is 5.73 Å². The van der Waals surface area contributed by atoms with Crippen molar-refractivity contribution in [2.45, 2.75) is 18.9 Å². The fraction of sp³-hybridized carbons (Fsp3) is 0.333. The van der Waals surface area contributed by atoms with E-state index in [0.717, 1.165) is 11.3 Å². The zero-order valence-electron chi connectivity index (χ0n) is 15.1. The van der Waals surface area contributed by atoms with Gasteiger partial charge in [0.15, 0.2) is 11.7 Å². The minimum Gasteiger partial charge on any atom is -0.369 e. The molecule has 26 heavy (non-hydrogen) atoms. The first kappa shape index (κ1) is 18.1. The van der Waals surface area contributed by atoms with Gasteiger partial charge in [-0.25, -0.2) is 4.99 Å². The first-order valence-electron chi connectivity index (χ1n) is 8.06.